The van der Waals surface area contributed by atoms with Crippen molar-refractivity contribution in [3.05, 3.63) is 54.1 Å². The van der Waals surface area contributed by atoms with E-state index in [-0.39, 0.29) is 11.4 Å². The zero-order valence-electron chi connectivity index (χ0n) is 14.4. The van der Waals surface area contributed by atoms with Crippen molar-refractivity contribution in [1.29, 1.82) is 0 Å². The first-order valence-corrected chi connectivity index (χ1v) is 8.74. The van der Waals surface area contributed by atoms with E-state index >= 15 is 0 Å². The first-order valence-electron chi connectivity index (χ1n) is 8.74. The number of aromatic nitrogens is 2. The van der Waals surface area contributed by atoms with Crippen LogP contribution < -0.4 is 4.90 Å². The van der Waals surface area contributed by atoms with Gasteiger partial charge in [0, 0.05) is 45.5 Å². The summed E-state index contributed by atoms with van der Waals surface area (Å²) in [6, 6.07) is 8.90. The van der Waals surface area contributed by atoms with Crippen LogP contribution in [0.4, 0.5) is 10.3 Å². The first-order chi connectivity index (χ1) is 12.1. The highest BCUT2D eigenvalue weighted by Crippen LogP contribution is 2.37. The Kier molecular flexibility index (Phi) is 4.39. The number of halogens is 1. The van der Waals surface area contributed by atoms with Gasteiger partial charge in [-0.2, -0.15) is 0 Å². The maximum Gasteiger partial charge on any atom is 0.225 e. The highest BCUT2D eigenvalue weighted by Gasteiger charge is 2.46. The van der Waals surface area contributed by atoms with Crippen LogP contribution in [0.15, 0.2) is 42.7 Å². The third kappa shape index (κ3) is 3.50. The zero-order chi connectivity index (χ0) is 17.3. The SMILES string of the molecule is CN(c1ncccn1)[C@H]1CO[C@@]2(CCN(Cc3ccc(F)cc3)C2)C1. The van der Waals surface area contributed by atoms with Gasteiger partial charge in [0.05, 0.1) is 18.2 Å². The van der Waals surface area contributed by atoms with Gasteiger partial charge in [0.15, 0.2) is 0 Å². The Balaban J connectivity index is 1.37. The summed E-state index contributed by atoms with van der Waals surface area (Å²) in [5.74, 6) is 0.559. The molecule has 2 aliphatic heterocycles. The summed E-state index contributed by atoms with van der Waals surface area (Å²) in [5, 5.41) is 0. The van der Waals surface area contributed by atoms with E-state index in [0.29, 0.717) is 12.6 Å². The number of likely N-dealkylation sites (N-methyl/N-ethyl adjacent to an activating group) is 1. The molecule has 2 atom stereocenters. The molecule has 132 valence electrons. The monoisotopic (exact) mass is 342 g/mol. The van der Waals surface area contributed by atoms with Crippen LogP contribution in [0.1, 0.15) is 18.4 Å². The minimum atomic E-state index is -0.185. The van der Waals surface area contributed by atoms with Gasteiger partial charge in [-0.15, -0.1) is 0 Å². The van der Waals surface area contributed by atoms with Crippen LogP contribution in [-0.2, 0) is 11.3 Å². The van der Waals surface area contributed by atoms with E-state index in [1.807, 2.05) is 25.2 Å². The van der Waals surface area contributed by atoms with E-state index in [1.165, 1.54) is 12.1 Å². The fraction of sp³-hybridized carbons (Fsp3) is 0.474. The molecule has 1 aromatic heterocycles. The van der Waals surface area contributed by atoms with Gasteiger partial charge >= 0.3 is 0 Å². The second-order valence-electron chi connectivity index (χ2n) is 7.10. The van der Waals surface area contributed by atoms with E-state index in [9.17, 15) is 4.39 Å². The fourth-order valence-corrected chi connectivity index (χ4v) is 3.90. The van der Waals surface area contributed by atoms with Crippen molar-refractivity contribution in [1.82, 2.24) is 14.9 Å². The third-order valence-corrected chi connectivity index (χ3v) is 5.32. The molecule has 6 heteroatoms. The number of ether oxygens (including phenoxy) is 1. The highest BCUT2D eigenvalue weighted by atomic mass is 19.1. The summed E-state index contributed by atoms with van der Waals surface area (Å²) in [6.07, 6.45) is 5.56. The van der Waals surface area contributed by atoms with Crippen LogP contribution in [-0.4, -0.2) is 53.3 Å². The third-order valence-electron chi connectivity index (χ3n) is 5.32. The minimum Gasteiger partial charge on any atom is -0.371 e. The Labute approximate surface area is 147 Å². The van der Waals surface area contributed by atoms with Crippen molar-refractivity contribution in [2.75, 3.05) is 31.6 Å². The van der Waals surface area contributed by atoms with Gasteiger partial charge in [-0.25, -0.2) is 14.4 Å². The number of likely N-dealkylation sites (tertiary alicyclic amines) is 1. The Bertz CT molecular complexity index is 711. The molecular weight excluding hydrogens is 319 g/mol. The van der Waals surface area contributed by atoms with Crippen LogP contribution in [0, 0.1) is 5.82 Å². The summed E-state index contributed by atoms with van der Waals surface area (Å²) < 4.78 is 19.3. The molecule has 0 aliphatic carbocycles. The van der Waals surface area contributed by atoms with Gasteiger partial charge in [0.25, 0.3) is 0 Å². The molecule has 1 aromatic carbocycles. The van der Waals surface area contributed by atoms with Crippen molar-refractivity contribution < 1.29 is 9.13 Å². The Morgan fingerprint density at radius 2 is 2.04 bits per heavy atom. The second-order valence-corrected chi connectivity index (χ2v) is 7.10. The van der Waals surface area contributed by atoms with E-state index in [0.717, 1.165) is 44.0 Å². The van der Waals surface area contributed by atoms with Gasteiger partial charge in [-0.3, -0.25) is 4.90 Å². The molecule has 2 saturated heterocycles. The van der Waals surface area contributed by atoms with Crippen LogP contribution in [0.25, 0.3) is 0 Å². The molecule has 2 aromatic rings. The Morgan fingerprint density at radius 1 is 1.28 bits per heavy atom. The summed E-state index contributed by atoms with van der Waals surface area (Å²) in [4.78, 5) is 13.2. The number of nitrogens with zero attached hydrogens (tertiary/aromatic N) is 4. The van der Waals surface area contributed by atoms with Crippen LogP contribution >= 0.6 is 0 Å². The lowest BCUT2D eigenvalue weighted by atomic mass is 9.97. The molecule has 0 unspecified atom stereocenters. The Morgan fingerprint density at radius 3 is 2.80 bits per heavy atom. The van der Waals surface area contributed by atoms with E-state index in [1.54, 1.807) is 12.4 Å². The van der Waals surface area contributed by atoms with Crippen LogP contribution in [0.5, 0.6) is 0 Å². The molecule has 4 rings (SSSR count). The van der Waals surface area contributed by atoms with Gasteiger partial charge in [0.2, 0.25) is 5.95 Å². The molecule has 5 nitrogen and oxygen atoms in total. The number of rotatable bonds is 4. The molecule has 25 heavy (non-hydrogen) atoms. The van der Waals surface area contributed by atoms with E-state index in [2.05, 4.69) is 19.8 Å². The molecule has 0 N–H and O–H groups in total. The standard InChI is InChI=1S/C19H23FN4O/c1-23(18-21-8-2-9-22-18)17-11-19(25-13-17)7-10-24(14-19)12-15-3-5-16(20)6-4-15/h2-6,8-9,17H,7,10-14H2,1H3/t17-,19+/m1/s1. The number of anilines is 1. The predicted molar refractivity (Wildman–Crippen MR) is 93.8 cm³/mol. The van der Waals surface area contributed by atoms with Crippen molar-refractivity contribution in [2.45, 2.75) is 31.0 Å². The number of hydrogen-bond acceptors (Lipinski definition) is 5. The molecule has 3 heterocycles. The molecule has 0 radical (unpaired) electrons. The largest absolute Gasteiger partial charge is 0.371 e. The van der Waals surface area contributed by atoms with Crippen molar-refractivity contribution in [2.24, 2.45) is 0 Å². The van der Waals surface area contributed by atoms with Gasteiger partial charge < -0.3 is 9.64 Å². The van der Waals surface area contributed by atoms with E-state index < -0.39 is 0 Å². The average molecular weight is 342 g/mol. The van der Waals surface area contributed by atoms with E-state index in [4.69, 9.17) is 4.74 Å². The maximum atomic E-state index is 13.1. The summed E-state index contributed by atoms with van der Waals surface area (Å²) in [6.45, 7) is 3.48. The number of hydrogen-bond donors (Lipinski definition) is 0. The molecule has 1 spiro atoms. The first kappa shape index (κ1) is 16.4. The van der Waals surface area contributed by atoms with Gasteiger partial charge in [-0.05, 0) is 30.2 Å². The van der Waals surface area contributed by atoms with Gasteiger partial charge in [0.1, 0.15) is 5.82 Å². The van der Waals surface area contributed by atoms with Crippen LogP contribution in [0.3, 0.4) is 0 Å². The lowest BCUT2D eigenvalue weighted by molar-refractivity contribution is 0.0118. The molecule has 2 aliphatic rings. The Hall–Kier alpha value is -2.05. The van der Waals surface area contributed by atoms with Crippen molar-refractivity contribution >= 4 is 5.95 Å². The van der Waals surface area contributed by atoms with Gasteiger partial charge in [-0.1, -0.05) is 12.1 Å². The minimum absolute atomic E-state index is 0.0757. The lowest BCUT2D eigenvalue weighted by Crippen LogP contribution is -2.36. The molecule has 0 amide bonds. The molecular formula is C19H23FN4O. The van der Waals surface area contributed by atoms with Crippen LogP contribution in [0.2, 0.25) is 0 Å². The number of benzene rings is 1. The fourth-order valence-electron chi connectivity index (χ4n) is 3.90. The summed E-state index contributed by atoms with van der Waals surface area (Å²) >= 11 is 0. The van der Waals surface area contributed by atoms with Crippen molar-refractivity contribution in [3.8, 4) is 0 Å². The lowest BCUT2D eigenvalue weighted by Gasteiger charge is -2.26. The normalized spacial score (nSPS) is 26.4. The van der Waals surface area contributed by atoms with Crippen molar-refractivity contribution in [3.63, 3.8) is 0 Å². The predicted octanol–water partition coefficient (Wildman–Crippen LogP) is 2.49. The zero-order valence-corrected chi connectivity index (χ0v) is 14.4. The topological polar surface area (TPSA) is 41.5 Å². The molecule has 0 saturated carbocycles. The quantitative estimate of drug-likeness (QED) is 0.854. The summed E-state index contributed by atoms with van der Waals surface area (Å²) in [5.41, 5.74) is 1.07. The molecule has 2 fully saturated rings. The smallest absolute Gasteiger partial charge is 0.225 e. The average Bonchev–Trinajstić information content (AvgIpc) is 3.24. The summed E-state index contributed by atoms with van der Waals surface area (Å²) in [7, 11) is 2.04. The molecule has 0 bridgehead atoms. The second kappa shape index (κ2) is 6.69. The maximum absolute atomic E-state index is 13.1. The highest BCUT2D eigenvalue weighted by molar-refractivity contribution is 5.30.